The fourth-order valence-electron chi connectivity index (χ4n) is 3.15. The second-order valence-corrected chi connectivity index (χ2v) is 6.46. The summed E-state index contributed by atoms with van der Waals surface area (Å²) in [5.74, 6) is -0.483. The summed E-state index contributed by atoms with van der Waals surface area (Å²) in [6, 6.07) is 22.5. The zero-order valence-corrected chi connectivity index (χ0v) is 15.0. The number of carbonyl (C=O) groups is 1. The number of hydrogen-bond acceptors (Lipinski definition) is 2. The molecule has 0 aliphatic carbocycles. The molecule has 0 atom stereocenters. The molecule has 0 aliphatic rings. The van der Waals surface area contributed by atoms with Crippen molar-refractivity contribution >= 4 is 17.6 Å². The smallest absolute Gasteiger partial charge is 0.241 e. The summed E-state index contributed by atoms with van der Waals surface area (Å²) in [4.78, 5) is 16.0. The molecule has 0 spiro atoms. The Labute approximate surface area is 157 Å². The van der Waals surface area contributed by atoms with Crippen molar-refractivity contribution in [2.75, 3.05) is 0 Å². The van der Waals surface area contributed by atoms with Crippen LogP contribution in [-0.4, -0.2) is 15.3 Å². The first-order chi connectivity index (χ1) is 13.1. The number of fused-ring (bicyclic) bond motifs is 1. The number of hydrogen-bond donors (Lipinski definition) is 1. The van der Waals surface area contributed by atoms with Gasteiger partial charge in [0.05, 0.1) is 11.4 Å². The average Bonchev–Trinajstić information content (AvgIpc) is 3.05. The van der Waals surface area contributed by atoms with Crippen LogP contribution in [0.5, 0.6) is 0 Å². The minimum absolute atomic E-state index is 0.483. The van der Waals surface area contributed by atoms with Gasteiger partial charge in [-0.05, 0) is 35.8 Å². The summed E-state index contributed by atoms with van der Waals surface area (Å²) in [5, 5.41) is 0. The van der Waals surface area contributed by atoms with Gasteiger partial charge < -0.3 is 5.73 Å². The number of aromatic nitrogens is 2. The first-order valence-corrected chi connectivity index (χ1v) is 8.74. The van der Waals surface area contributed by atoms with E-state index in [1.165, 1.54) is 11.6 Å². The van der Waals surface area contributed by atoms with Crippen molar-refractivity contribution in [3.8, 4) is 22.4 Å². The summed E-state index contributed by atoms with van der Waals surface area (Å²) >= 11 is 0. The highest BCUT2D eigenvalue weighted by Gasteiger charge is 2.12. The minimum Gasteiger partial charge on any atom is -0.366 e. The molecule has 4 heteroatoms. The fourth-order valence-corrected chi connectivity index (χ4v) is 3.15. The predicted octanol–water partition coefficient (Wildman–Crippen LogP) is 4.48. The van der Waals surface area contributed by atoms with Gasteiger partial charge in [0.2, 0.25) is 5.91 Å². The van der Waals surface area contributed by atoms with Crippen molar-refractivity contribution in [2.24, 2.45) is 5.73 Å². The topological polar surface area (TPSA) is 60.4 Å². The Morgan fingerprint density at radius 1 is 0.926 bits per heavy atom. The Hall–Kier alpha value is -3.66. The van der Waals surface area contributed by atoms with Crippen LogP contribution in [-0.2, 0) is 4.79 Å². The largest absolute Gasteiger partial charge is 0.366 e. The third kappa shape index (κ3) is 3.37. The highest BCUT2D eigenvalue weighted by molar-refractivity contribution is 5.91. The van der Waals surface area contributed by atoms with Crippen LogP contribution in [0.4, 0.5) is 0 Å². The predicted molar refractivity (Wildman–Crippen MR) is 109 cm³/mol. The fraction of sp³-hybridized carbons (Fsp3) is 0.0435. The summed E-state index contributed by atoms with van der Waals surface area (Å²) in [7, 11) is 0. The van der Waals surface area contributed by atoms with E-state index in [4.69, 9.17) is 10.7 Å². The van der Waals surface area contributed by atoms with Crippen LogP contribution in [0.15, 0.2) is 79.0 Å². The van der Waals surface area contributed by atoms with Gasteiger partial charge in [-0.25, -0.2) is 4.98 Å². The van der Waals surface area contributed by atoms with E-state index in [1.807, 2.05) is 47.9 Å². The molecule has 4 rings (SSSR count). The number of benzene rings is 2. The zero-order valence-electron chi connectivity index (χ0n) is 15.0. The second kappa shape index (κ2) is 6.92. The maximum Gasteiger partial charge on any atom is 0.241 e. The molecule has 1 amide bonds. The number of imidazole rings is 1. The van der Waals surface area contributed by atoms with Crippen LogP contribution >= 0.6 is 0 Å². The van der Waals surface area contributed by atoms with E-state index in [2.05, 4.69) is 36.4 Å². The summed E-state index contributed by atoms with van der Waals surface area (Å²) in [6.07, 6.45) is 5.10. The van der Waals surface area contributed by atoms with Crippen molar-refractivity contribution < 1.29 is 4.79 Å². The van der Waals surface area contributed by atoms with Gasteiger partial charge in [-0.3, -0.25) is 9.20 Å². The quantitative estimate of drug-likeness (QED) is 0.550. The Morgan fingerprint density at radius 2 is 1.59 bits per heavy atom. The van der Waals surface area contributed by atoms with E-state index in [1.54, 1.807) is 6.08 Å². The Morgan fingerprint density at radius 3 is 2.30 bits per heavy atom. The van der Waals surface area contributed by atoms with Crippen molar-refractivity contribution in [1.82, 2.24) is 9.38 Å². The van der Waals surface area contributed by atoms with Gasteiger partial charge in [-0.2, -0.15) is 0 Å². The van der Waals surface area contributed by atoms with Gasteiger partial charge in [0.15, 0.2) is 0 Å². The molecule has 0 radical (unpaired) electrons. The van der Waals surface area contributed by atoms with Crippen molar-refractivity contribution in [2.45, 2.75) is 6.92 Å². The maximum atomic E-state index is 11.3. The van der Waals surface area contributed by atoms with Gasteiger partial charge >= 0.3 is 0 Å². The molecular weight excluding hydrogens is 334 g/mol. The lowest BCUT2D eigenvalue weighted by Gasteiger charge is -2.04. The summed E-state index contributed by atoms with van der Waals surface area (Å²) in [5.41, 5.74) is 12.2. The summed E-state index contributed by atoms with van der Waals surface area (Å²) in [6.45, 7) is 2.02. The van der Waals surface area contributed by atoms with Gasteiger partial charge in [0.25, 0.3) is 0 Å². The van der Waals surface area contributed by atoms with Gasteiger partial charge in [0, 0.05) is 17.8 Å². The molecule has 0 fully saturated rings. The Bertz CT molecular complexity index is 1140. The number of rotatable bonds is 4. The molecule has 132 valence electrons. The molecule has 4 aromatic rings. The van der Waals surface area contributed by atoms with Crippen LogP contribution in [0.3, 0.4) is 0 Å². The highest BCUT2D eigenvalue weighted by Crippen LogP contribution is 2.28. The second-order valence-electron chi connectivity index (χ2n) is 6.46. The number of amides is 1. The first kappa shape index (κ1) is 16.8. The molecule has 0 bridgehead atoms. The Balaban J connectivity index is 1.83. The number of carbonyl (C=O) groups excluding carboxylic acids is 1. The lowest BCUT2D eigenvalue weighted by atomic mass is 10.0. The average molecular weight is 353 g/mol. The van der Waals surface area contributed by atoms with Gasteiger partial charge in [0.1, 0.15) is 5.65 Å². The molecule has 0 unspecified atom stereocenters. The normalized spacial score (nSPS) is 11.3. The Kier molecular flexibility index (Phi) is 4.30. The SMILES string of the molecule is Cc1ccc2nc(-c3ccc(-c4ccccc4)cc3)c(/C=C\C(N)=O)n2c1. The van der Waals surface area contributed by atoms with E-state index in [0.717, 1.165) is 33.7 Å². The molecule has 2 heterocycles. The van der Waals surface area contributed by atoms with Crippen LogP contribution in [0.1, 0.15) is 11.3 Å². The van der Waals surface area contributed by atoms with Crippen LogP contribution < -0.4 is 5.73 Å². The van der Waals surface area contributed by atoms with E-state index >= 15 is 0 Å². The molecular formula is C23H19N3O. The van der Waals surface area contributed by atoms with Crippen molar-refractivity contribution in [3.05, 3.63) is 90.3 Å². The van der Waals surface area contributed by atoms with Crippen LogP contribution in [0, 0.1) is 6.92 Å². The maximum absolute atomic E-state index is 11.3. The third-order valence-corrected chi connectivity index (χ3v) is 4.47. The molecule has 0 saturated carbocycles. The number of aryl methyl sites for hydroxylation is 1. The zero-order chi connectivity index (χ0) is 18.8. The molecule has 0 saturated heterocycles. The number of pyridine rings is 1. The van der Waals surface area contributed by atoms with Crippen molar-refractivity contribution in [1.29, 1.82) is 0 Å². The molecule has 2 N–H and O–H groups in total. The standard InChI is InChI=1S/C23H19N3O/c1-16-7-14-22-25-23(20(26(22)15-16)12-13-21(24)27)19-10-8-18(9-11-19)17-5-3-2-4-6-17/h2-15H,1H3,(H2,24,27)/b13-12-. The minimum atomic E-state index is -0.483. The van der Waals surface area contributed by atoms with E-state index < -0.39 is 5.91 Å². The third-order valence-electron chi connectivity index (χ3n) is 4.47. The number of nitrogens with two attached hydrogens (primary N) is 1. The number of nitrogens with zero attached hydrogens (tertiary/aromatic N) is 2. The molecule has 4 nitrogen and oxygen atoms in total. The molecule has 27 heavy (non-hydrogen) atoms. The van der Waals surface area contributed by atoms with E-state index in [9.17, 15) is 4.79 Å². The monoisotopic (exact) mass is 353 g/mol. The van der Waals surface area contributed by atoms with Crippen molar-refractivity contribution in [3.63, 3.8) is 0 Å². The van der Waals surface area contributed by atoms with Crippen LogP contribution in [0.25, 0.3) is 34.1 Å². The lowest BCUT2D eigenvalue weighted by molar-refractivity contribution is -0.113. The molecule has 2 aromatic carbocycles. The highest BCUT2D eigenvalue weighted by atomic mass is 16.1. The van der Waals surface area contributed by atoms with Gasteiger partial charge in [-0.15, -0.1) is 0 Å². The molecule has 0 aliphatic heterocycles. The summed E-state index contributed by atoms with van der Waals surface area (Å²) < 4.78 is 1.98. The first-order valence-electron chi connectivity index (χ1n) is 8.74. The van der Waals surface area contributed by atoms with E-state index in [0.29, 0.717) is 0 Å². The number of primary amides is 1. The van der Waals surface area contributed by atoms with E-state index in [-0.39, 0.29) is 0 Å². The van der Waals surface area contributed by atoms with Crippen LogP contribution in [0.2, 0.25) is 0 Å². The molecule has 2 aromatic heterocycles. The lowest BCUT2D eigenvalue weighted by Crippen LogP contribution is -2.05. The van der Waals surface area contributed by atoms with Gasteiger partial charge in [-0.1, -0.05) is 60.7 Å².